The summed E-state index contributed by atoms with van der Waals surface area (Å²) in [6.07, 6.45) is -9.94. The van der Waals surface area contributed by atoms with Crippen molar-refractivity contribution in [2.45, 2.75) is 31.0 Å². The van der Waals surface area contributed by atoms with Crippen LogP contribution in [0.4, 0.5) is 26.3 Å². The lowest BCUT2D eigenvalue weighted by Crippen LogP contribution is -2.58. The molecule has 2 atom stereocenters. The van der Waals surface area contributed by atoms with Gasteiger partial charge in [0.25, 0.3) is 0 Å². The summed E-state index contributed by atoms with van der Waals surface area (Å²) < 4.78 is 83.9. The van der Waals surface area contributed by atoms with E-state index in [1.807, 2.05) is 0 Å². The lowest BCUT2D eigenvalue weighted by atomic mass is 9.95. The average Bonchev–Trinajstić information content (AvgIpc) is 2.72. The number of ether oxygens (including phenoxy) is 1. The first-order valence-corrected chi connectivity index (χ1v) is 10.1. The molecule has 0 aromatic heterocycles. The third-order valence-electron chi connectivity index (χ3n) is 5.18. The predicted octanol–water partition coefficient (Wildman–Crippen LogP) is 3.69. The number of carbonyl (C=O) groups is 2. The maximum absolute atomic E-state index is 13.1. The Morgan fingerprint density at radius 2 is 1.60 bits per heavy atom. The van der Waals surface area contributed by atoms with Gasteiger partial charge in [-0.2, -0.15) is 26.3 Å². The number of alkyl halides is 6. The van der Waals surface area contributed by atoms with Gasteiger partial charge in [0.15, 0.2) is 0 Å². The van der Waals surface area contributed by atoms with Crippen LogP contribution in [0, 0.1) is 0 Å². The zero-order valence-corrected chi connectivity index (χ0v) is 18.8. The first-order chi connectivity index (χ1) is 15.8. The lowest BCUT2D eigenvalue weighted by molar-refractivity contribution is -0.143. The highest BCUT2D eigenvalue weighted by atomic mass is 35.5. The first-order valence-electron chi connectivity index (χ1n) is 10.1. The fourth-order valence-electron chi connectivity index (χ4n) is 3.86. The van der Waals surface area contributed by atoms with Gasteiger partial charge in [-0.05, 0) is 29.3 Å². The van der Waals surface area contributed by atoms with Crippen molar-refractivity contribution in [2.24, 2.45) is 5.73 Å². The van der Waals surface area contributed by atoms with Crippen molar-refractivity contribution < 1.29 is 40.7 Å². The molecule has 3 rings (SSSR count). The van der Waals surface area contributed by atoms with Crippen molar-refractivity contribution in [1.82, 2.24) is 10.2 Å². The van der Waals surface area contributed by atoms with Crippen LogP contribution < -0.4 is 11.1 Å². The minimum Gasteiger partial charge on any atom is -0.375 e. The van der Waals surface area contributed by atoms with Crippen molar-refractivity contribution in [3.05, 3.63) is 70.8 Å². The molecular formula is C22H22ClF6N3O3. The zero-order chi connectivity index (χ0) is 25.1. The molecule has 1 aliphatic rings. The molecule has 0 bridgehead atoms. The number of primary amides is 1. The molecule has 1 heterocycles. The molecule has 1 fully saturated rings. The summed E-state index contributed by atoms with van der Waals surface area (Å²) in [6, 6.07) is 8.68. The monoisotopic (exact) mass is 525 g/mol. The number of nitrogens with one attached hydrogen (secondary N) is 1. The number of rotatable bonds is 7. The van der Waals surface area contributed by atoms with E-state index < -0.39 is 54.0 Å². The number of piperazine rings is 1. The van der Waals surface area contributed by atoms with Gasteiger partial charge in [-0.15, -0.1) is 12.4 Å². The molecule has 2 amide bonds. The summed E-state index contributed by atoms with van der Waals surface area (Å²) in [6.45, 7) is -1.15. The molecule has 13 heteroatoms. The summed E-state index contributed by atoms with van der Waals surface area (Å²) in [4.78, 5) is 25.2. The molecule has 2 aromatic carbocycles. The van der Waals surface area contributed by atoms with Gasteiger partial charge in [0, 0.05) is 0 Å². The third-order valence-corrected chi connectivity index (χ3v) is 5.18. The van der Waals surface area contributed by atoms with Gasteiger partial charge < -0.3 is 15.8 Å². The molecule has 3 N–H and O–H groups in total. The van der Waals surface area contributed by atoms with Crippen LogP contribution in [-0.4, -0.2) is 42.5 Å². The van der Waals surface area contributed by atoms with Crippen LogP contribution in [0.25, 0.3) is 0 Å². The van der Waals surface area contributed by atoms with Crippen LogP contribution in [-0.2, 0) is 33.3 Å². The van der Waals surface area contributed by atoms with Crippen LogP contribution in [0.1, 0.15) is 28.3 Å². The molecule has 35 heavy (non-hydrogen) atoms. The molecule has 6 nitrogen and oxygen atoms in total. The number of nitrogens with zero attached hydrogens (tertiary/aromatic N) is 1. The van der Waals surface area contributed by atoms with E-state index in [-0.39, 0.29) is 43.7 Å². The van der Waals surface area contributed by atoms with Crippen molar-refractivity contribution >= 4 is 24.2 Å². The van der Waals surface area contributed by atoms with Crippen LogP contribution in [0.2, 0.25) is 0 Å². The first kappa shape index (κ1) is 28.4. The molecule has 2 unspecified atom stereocenters. The highest BCUT2D eigenvalue weighted by molar-refractivity contribution is 5.85. The van der Waals surface area contributed by atoms with E-state index >= 15 is 0 Å². The molecule has 0 radical (unpaired) electrons. The summed E-state index contributed by atoms with van der Waals surface area (Å²) in [5, 5.41) is 2.71. The Bertz CT molecular complexity index is 999. The molecule has 0 aliphatic carbocycles. The second-order valence-electron chi connectivity index (χ2n) is 7.83. The van der Waals surface area contributed by atoms with Crippen LogP contribution >= 0.6 is 12.4 Å². The summed E-state index contributed by atoms with van der Waals surface area (Å²) >= 11 is 0. The topological polar surface area (TPSA) is 84.7 Å². The number of hydrogen-bond donors (Lipinski definition) is 2. The number of hydrogen-bond acceptors (Lipinski definition) is 4. The lowest BCUT2D eigenvalue weighted by Gasteiger charge is -2.41. The maximum atomic E-state index is 13.1. The Balaban J connectivity index is 0.00000432. The van der Waals surface area contributed by atoms with Crippen molar-refractivity contribution in [2.75, 3.05) is 19.7 Å². The van der Waals surface area contributed by atoms with Crippen molar-refractivity contribution in [3.63, 3.8) is 0 Å². The minimum atomic E-state index is -4.97. The fourth-order valence-corrected chi connectivity index (χ4v) is 3.86. The van der Waals surface area contributed by atoms with Gasteiger partial charge in [-0.3, -0.25) is 14.5 Å². The van der Waals surface area contributed by atoms with Crippen molar-refractivity contribution in [3.8, 4) is 0 Å². The van der Waals surface area contributed by atoms with E-state index in [9.17, 15) is 35.9 Å². The standard InChI is InChI=1S/C22H21F6N3O3.ClH/c23-21(24,25)15-6-13(7-16(8-15)22(26,27)28)11-34-12-17-20(14-4-2-1-3-5-14)31(9-18(29)32)10-19(33)30-17;/h1-8,17,20H,9-12H2,(H2,29,32)(H,30,33);1H. The number of amides is 2. The third kappa shape index (κ3) is 7.58. The Kier molecular flexibility index (Phi) is 9.15. The van der Waals surface area contributed by atoms with E-state index in [0.29, 0.717) is 12.1 Å². The summed E-state index contributed by atoms with van der Waals surface area (Å²) in [7, 11) is 0. The van der Waals surface area contributed by atoms with Crippen molar-refractivity contribution in [1.29, 1.82) is 0 Å². The maximum Gasteiger partial charge on any atom is 0.416 e. The fraction of sp³-hybridized carbons (Fsp3) is 0.364. The molecular weight excluding hydrogens is 504 g/mol. The molecule has 1 saturated heterocycles. The van der Waals surface area contributed by atoms with Crippen LogP contribution in [0.15, 0.2) is 48.5 Å². The van der Waals surface area contributed by atoms with Gasteiger partial charge in [0.1, 0.15) is 0 Å². The van der Waals surface area contributed by atoms with E-state index in [1.165, 1.54) is 4.90 Å². The van der Waals surface area contributed by atoms with Crippen LogP contribution in [0.5, 0.6) is 0 Å². The van der Waals surface area contributed by atoms with E-state index in [2.05, 4.69) is 5.32 Å². The van der Waals surface area contributed by atoms with Gasteiger partial charge in [0.05, 0.1) is 49.5 Å². The van der Waals surface area contributed by atoms with E-state index in [0.717, 1.165) is 5.56 Å². The summed E-state index contributed by atoms with van der Waals surface area (Å²) in [5.41, 5.74) is 2.81. The smallest absolute Gasteiger partial charge is 0.375 e. The molecule has 1 aliphatic heterocycles. The SMILES string of the molecule is Cl.NC(=O)CN1CC(=O)NC(COCc2cc(C(F)(F)F)cc(C(F)(F)F)c2)C1c1ccccc1. The molecule has 2 aromatic rings. The number of halogens is 7. The van der Waals surface area contributed by atoms with Gasteiger partial charge >= 0.3 is 12.4 Å². The largest absolute Gasteiger partial charge is 0.416 e. The Morgan fingerprint density at radius 1 is 1.03 bits per heavy atom. The predicted molar refractivity (Wildman–Crippen MR) is 115 cm³/mol. The molecule has 0 spiro atoms. The summed E-state index contributed by atoms with van der Waals surface area (Å²) in [5.74, 6) is -1.10. The van der Waals surface area contributed by atoms with E-state index in [1.54, 1.807) is 30.3 Å². The average molecular weight is 526 g/mol. The second-order valence-corrected chi connectivity index (χ2v) is 7.83. The number of nitrogens with two attached hydrogens (primary N) is 1. The highest BCUT2D eigenvalue weighted by Crippen LogP contribution is 2.36. The molecule has 192 valence electrons. The van der Waals surface area contributed by atoms with Gasteiger partial charge in [-0.25, -0.2) is 0 Å². The Hall–Kier alpha value is -2.83. The Labute approximate surface area is 202 Å². The zero-order valence-electron chi connectivity index (χ0n) is 18.0. The van der Waals surface area contributed by atoms with E-state index in [4.69, 9.17) is 10.5 Å². The quantitative estimate of drug-likeness (QED) is 0.540. The second kappa shape index (κ2) is 11.3. The Morgan fingerprint density at radius 3 is 2.11 bits per heavy atom. The number of carbonyl (C=O) groups excluding carboxylic acids is 2. The minimum absolute atomic E-state index is 0. The van der Waals surface area contributed by atoms with Gasteiger partial charge in [0.2, 0.25) is 11.8 Å². The molecule has 0 saturated carbocycles. The normalized spacial score (nSPS) is 19.1. The van der Waals surface area contributed by atoms with Gasteiger partial charge in [-0.1, -0.05) is 30.3 Å². The highest BCUT2D eigenvalue weighted by Gasteiger charge is 2.38. The number of benzene rings is 2. The van der Waals surface area contributed by atoms with Crippen LogP contribution in [0.3, 0.4) is 0 Å².